The highest BCUT2D eigenvalue weighted by molar-refractivity contribution is 5.80. The molecule has 0 spiro atoms. The maximum absolute atomic E-state index is 11.4. The largest absolute Gasteiger partial charge is 0.480 e. The van der Waals surface area contributed by atoms with Crippen LogP contribution in [-0.2, 0) is 4.79 Å². The van der Waals surface area contributed by atoms with Gasteiger partial charge >= 0.3 is 12.0 Å². The summed E-state index contributed by atoms with van der Waals surface area (Å²) in [5.74, 6) is -1.000. The Morgan fingerprint density at radius 2 is 1.87 bits per heavy atom. The van der Waals surface area contributed by atoms with E-state index in [0.717, 1.165) is 0 Å². The number of hydrogen-bond acceptors (Lipinski definition) is 3. The van der Waals surface area contributed by atoms with Gasteiger partial charge in [-0.3, -0.25) is 4.79 Å². The van der Waals surface area contributed by atoms with Crippen molar-refractivity contribution < 1.29 is 14.7 Å². The second-order valence-corrected chi connectivity index (χ2v) is 3.45. The van der Waals surface area contributed by atoms with E-state index in [1.54, 1.807) is 6.92 Å². The first kappa shape index (κ1) is 13.7. The summed E-state index contributed by atoms with van der Waals surface area (Å²) in [4.78, 5) is 25.1. The zero-order valence-electron chi connectivity index (χ0n) is 9.49. The summed E-state index contributed by atoms with van der Waals surface area (Å²) in [6.45, 7) is 3.08. The van der Waals surface area contributed by atoms with Crippen LogP contribution >= 0.6 is 0 Å². The molecule has 0 heterocycles. The van der Waals surface area contributed by atoms with Crippen molar-refractivity contribution >= 4 is 12.0 Å². The zero-order valence-corrected chi connectivity index (χ0v) is 9.49. The first-order chi connectivity index (χ1) is 6.97. The zero-order chi connectivity index (χ0) is 11.8. The number of carbonyl (C=O) groups is 2. The smallest absolute Gasteiger partial charge is 0.323 e. The van der Waals surface area contributed by atoms with Crippen molar-refractivity contribution in [2.24, 2.45) is 0 Å². The molecule has 0 aliphatic rings. The molecule has 88 valence electrons. The molecule has 0 aromatic heterocycles. The summed E-state index contributed by atoms with van der Waals surface area (Å²) in [7, 11) is 3.74. The molecular weight excluding hydrogens is 198 g/mol. The summed E-state index contributed by atoms with van der Waals surface area (Å²) in [6.07, 6.45) is 0. The number of carboxylic acids is 1. The summed E-state index contributed by atoms with van der Waals surface area (Å²) in [5, 5.41) is 11.2. The summed E-state index contributed by atoms with van der Waals surface area (Å²) in [6, 6.07) is -0.332. The number of aliphatic carboxylic acids is 1. The van der Waals surface area contributed by atoms with E-state index in [2.05, 4.69) is 5.32 Å². The van der Waals surface area contributed by atoms with Gasteiger partial charge in [-0.15, -0.1) is 0 Å². The van der Waals surface area contributed by atoms with Crippen LogP contribution in [-0.4, -0.2) is 67.2 Å². The van der Waals surface area contributed by atoms with Crippen LogP contribution in [0.4, 0.5) is 4.79 Å². The van der Waals surface area contributed by atoms with Gasteiger partial charge in [0, 0.05) is 19.6 Å². The summed E-state index contributed by atoms with van der Waals surface area (Å²) < 4.78 is 0. The lowest BCUT2D eigenvalue weighted by Gasteiger charge is -2.22. The van der Waals surface area contributed by atoms with Crippen LogP contribution in [0.2, 0.25) is 0 Å². The Balaban J connectivity index is 4.17. The maximum atomic E-state index is 11.4. The fourth-order valence-corrected chi connectivity index (χ4v) is 0.999. The van der Waals surface area contributed by atoms with Gasteiger partial charge in [0.25, 0.3) is 0 Å². The molecule has 6 heteroatoms. The molecule has 2 amide bonds. The molecule has 0 bridgehead atoms. The summed E-state index contributed by atoms with van der Waals surface area (Å²) >= 11 is 0. The molecule has 0 unspecified atom stereocenters. The van der Waals surface area contributed by atoms with Crippen LogP contribution in [0.15, 0.2) is 0 Å². The minimum absolute atomic E-state index is 0.264. The Morgan fingerprint density at radius 1 is 1.27 bits per heavy atom. The predicted molar refractivity (Wildman–Crippen MR) is 56.8 cm³/mol. The van der Waals surface area contributed by atoms with E-state index >= 15 is 0 Å². The maximum Gasteiger partial charge on any atom is 0.323 e. The number of carboxylic acid groups (broad SMARTS) is 1. The molecule has 15 heavy (non-hydrogen) atoms. The van der Waals surface area contributed by atoms with Crippen LogP contribution in [0.5, 0.6) is 0 Å². The third-order valence-corrected chi connectivity index (χ3v) is 1.76. The molecule has 0 aliphatic carbocycles. The van der Waals surface area contributed by atoms with E-state index in [-0.39, 0.29) is 12.6 Å². The highest BCUT2D eigenvalue weighted by atomic mass is 16.4. The molecule has 0 saturated carbocycles. The van der Waals surface area contributed by atoms with Crippen molar-refractivity contribution in [2.45, 2.75) is 6.92 Å². The molecule has 0 saturated heterocycles. The van der Waals surface area contributed by atoms with Crippen LogP contribution in [0.1, 0.15) is 6.92 Å². The molecule has 0 aliphatic heterocycles. The Morgan fingerprint density at radius 3 is 2.27 bits per heavy atom. The van der Waals surface area contributed by atoms with Crippen molar-refractivity contribution in [2.75, 3.05) is 40.3 Å². The van der Waals surface area contributed by atoms with Gasteiger partial charge in [0.1, 0.15) is 6.54 Å². The third kappa shape index (κ3) is 6.73. The molecule has 0 atom stereocenters. The van der Waals surface area contributed by atoms with Crippen LogP contribution < -0.4 is 5.32 Å². The Hall–Kier alpha value is -1.30. The molecule has 2 N–H and O–H groups in total. The Bertz CT molecular complexity index is 219. The van der Waals surface area contributed by atoms with Crippen molar-refractivity contribution in [3.8, 4) is 0 Å². The topological polar surface area (TPSA) is 72.9 Å². The SMILES string of the molecule is CCNC(=O)N(CCN(C)C)CC(=O)O. The number of rotatable bonds is 6. The lowest BCUT2D eigenvalue weighted by atomic mass is 10.4. The highest BCUT2D eigenvalue weighted by Gasteiger charge is 2.15. The van der Waals surface area contributed by atoms with Crippen molar-refractivity contribution in [1.29, 1.82) is 0 Å². The van der Waals surface area contributed by atoms with Gasteiger partial charge in [0.2, 0.25) is 0 Å². The minimum Gasteiger partial charge on any atom is -0.480 e. The number of likely N-dealkylation sites (N-methyl/N-ethyl adjacent to an activating group) is 1. The second-order valence-electron chi connectivity index (χ2n) is 3.45. The average Bonchev–Trinajstić information content (AvgIpc) is 2.11. The van der Waals surface area contributed by atoms with Crippen LogP contribution in [0.25, 0.3) is 0 Å². The van der Waals surface area contributed by atoms with Gasteiger partial charge in [-0.2, -0.15) is 0 Å². The van der Waals surface area contributed by atoms with Crippen LogP contribution in [0, 0.1) is 0 Å². The molecule has 0 radical (unpaired) electrons. The number of nitrogens with one attached hydrogen (secondary N) is 1. The fraction of sp³-hybridized carbons (Fsp3) is 0.778. The number of carbonyl (C=O) groups excluding carboxylic acids is 1. The van der Waals surface area contributed by atoms with E-state index < -0.39 is 5.97 Å². The van der Waals surface area contributed by atoms with Crippen molar-refractivity contribution in [1.82, 2.24) is 15.1 Å². The van der Waals surface area contributed by atoms with E-state index in [0.29, 0.717) is 19.6 Å². The number of amides is 2. The van der Waals surface area contributed by atoms with E-state index in [1.165, 1.54) is 4.90 Å². The van der Waals surface area contributed by atoms with Gasteiger partial charge < -0.3 is 20.2 Å². The van der Waals surface area contributed by atoms with E-state index in [4.69, 9.17) is 5.11 Å². The molecule has 0 rings (SSSR count). The van der Waals surface area contributed by atoms with Gasteiger partial charge in [-0.25, -0.2) is 4.79 Å². The predicted octanol–water partition coefficient (Wildman–Crippen LogP) is -0.336. The number of urea groups is 1. The summed E-state index contributed by atoms with van der Waals surface area (Å²) in [5.41, 5.74) is 0. The molecule has 6 nitrogen and oxygen atoms in total. The molecule has 0 fully saturated rings. The third-order valence-electron chi connectivity index (χ3n) is 1.76. The van der Waals surface area contributed by atoms with Crippen LogP contribution in [0.3, 0.4) is 0 Å². The van der Waals surface area contributed by atoms with Gasteiger partial charge in [-0.05, 0) is 21.0 Å². The van der Waals surface area contributed by atoms with Crippen molar-refractivity contribution in [3.63, 3.8) is 0 Å². The normalized spacial score (nSPS) is 10.1. The average molecular weight is 217 g/mol. The lowest BCUT2D eigenvalue weighted by molar-refractivity contribution is -0.137. The molecular formula is C9H19N3O3. The van der Waals surface area contributed by atoms with Gasteiger partial charge in [0.15, 0.2) is 0 Å². The quantitative estimate of drug-likeness (QED) is 0.638. The van der Waals surface area contributed by atoms with E-state index in [1.807, 2.05) is 19.0 Å². The van der Waals surface area contributed by atoms with Gasteiger partial charge in [-0.1, -0.05) is 0 Å². The first-order valence-electron chi connectivity index (χ1n) is 4.86. The number of hydrogen-bond donors (Lipinski definition) is 2. The lowest BCUT2D eigenvalue weighted by Crippen LogP contribution is -2.45. The minimum atomic E-state index is -1.000. The monoisotopic (exact) mass is 217 g/mol. The van der Waals surface area contributed by atoms with E-state index in [9.17, 15) is 9.59 Å². The van der Waals surface area contributed by atoms with Gasteiger partial charge in [0.05, 0.1) is 0 Å². The first-order valence-corrected chi connectivity index (χ1v) is 4.86. The molecule has 0 aromatic rings. The Kier molecular flexibility index (Phi) is 6.44. The number of nitrogens with zero attached hydrogens (tertiary/aromatic N) is 2. The van der Waals surface area contributed by atoms with Crippen molar-refractivity contribution in [3.05, 3.63) is 0 Å². The standard InChI is InChI=1S/C9H19N3O3/c1-4-10-9(15)12(7-8(13)14)6-5-11(2)3/h4-7H2,1-3H3,(H,10,15)(H,13,14). The second kappa shape index (κ2) is 7.05. The Labute approximate surface area is 89.8 Å². The highest BCUT2D eigenvalue weighted by Crippen LogP contribution is 1.91. The molecule has 0 aromatic carbocycles. The fourth-order valence-electron chi connectivity index (χ4n) is 0.999.